The number of anilines is 1. The van der Waals surface area contributed by atoms with Crippen LogP contribution in [-0.2, 0) is 11.3 Å². The largest absolute Gasteiger partial charge is 0.481 e. The summed E-state index contributed by atoms with van der Waals surface area (Å²) in [7, 11) is 0. The first-order valence-corrected chi connectivity index (χ1v) is 8.23. The molecule has 0 aliphatic heterocycles. The van der Waals surface area contributed by atoms with Crippen LogP contribution in [0, 0.1) is 5.92 Å². The highest BCUT2D eigenvalue weighted by Gasteiger charge is 2.44. The van der Waals surface area contributed by atoms with Crippen molar-refractivity contribution in [1.29, 1.82) is 0 Å². The van der Waals surface area contributed by atoms with Crippen LogP contribution >= 0.6 is 0 Å². The fourth-order valence-corrected chi connectivity index (χ4v) is 2.85. The molecule has 0 bridgehead atoms. The molecule has 3 rings (SSSR count). The lowest BCUT2D eigenvalue weighted by Gasteiger charge is -2.08. The zero-order valence-corrected chi connectivity index (χ0v) is 14.0. The van der Waals surface area contributed by atoms with Gasteiger partial charge in [0.15, 0.2) is 0 Å². The second kappa shape index (κ2) is 6.87. The Morgan fingerprint density at radius 2 is 2.21 bits per heavy atom. The molecule has 0 radical (unpaired) electrons. The van der Waals surface area contributed by atoms with Gasteiger partial charge in [0.2, 0.25) is 0 Å². The predicted molar refractivity (Wildman–Crippen MR) is 95.8 cm³/mol. The van der Waals surface area contributed by atoms with Gasteiger partial charge in [0.1, 0.15) is 5.82 Å². The van der Waals surface area contributed by atoms with Crippen LogP contribution in [0.2, 0.25) is 0 Å². The van der Waals surface area contributed by atoms with E-state index in [0.29, 0.717) is 6.54 Å². The lowest BCUT2D eigenvalue weighted by atomic mass is 10.0. The van der Waals surface area contributed by atoms with Crippen molar-refractivity contribution in [3.05, 3.63) is 65.4 Å². The number of carboxylic acids is 1. The molecule has 1 aliphatic rings. The number of carboxylic acid groups (broad SMARTS) is 1. The van der Waals surface area contributed by atoms with E-state index in [9.17, 15) is 4.79 Å². The maximum absolute atomic E-state index is 10.9. The van der Waals surface area contributed by atoms with Crippen LogP contribution in [0.15, 0.2) is 48.7 Å². The Hall–Kier alpha value is -2.62. The Labute approximate surface area is 142 Å². The van der Waals surface area contributed by atoms with Crippen molar-refractivity contribution < 1.29 is 9.90 Å². The van der Waals surface area contributed by atoms with Gasteiger partial charge in [0.05, 0.1) is 5.92 Å². The zero-order valence-electron chi connectivity index (χ0n) is 14.0. The minimum absolute atomic E-state index is 0.129. The fourth-order valence-electron chi connectivity index (χ4n) is 2.85. The smallest absolute Gasteiger partial charge is 0.307 e. The molecule has 4 heteroatoms. The minimum Gasteiger partial charge on any atom is -0.481 e. The molecule has 4 nitrogen and oxygen atoms in total. The van der Waals surface area contributed by atoms with Gasteiger partial charge in [-0.25, -0.2) is 4.98 Å². The monoisotopic (exact) mass is 322 g/mol. The molecule has 1 saturated carbocycles. The van der Waals surface area contributed by atoms with Crippen molar-refractivity contribution in [2.24, 2.45) is 5.92 Å². The quantitative estimate of drug-likeness (QED) is 0.832. The molecule has 1 fully saturated rings. The molecule has 0 saturated heterocycles. The van der Waals surface area contributed by atoms with Gasteiger partial charge >= 0.3 is 5.97 Å². The van der Waals surface area contributed by atoms with E-state index in [1.807, 2.05) is 19.1 Å². The molecule has 2 N–H and O–H groups in total. The molecule has 0 spiro atoms. The van der Waals surface area contributed by atoms with Crippen LogP contribution in [0.1, 0.15) is 42.9 Å². The number of hydrogen-bond acceptors (Lipinski definition) is 3. The van der Waals surface area contributed by atoms with Crippen molar-refractivity contribution >= 4 is 17.4 Å². The van der Waals surface area contributed by atoms with Gasteiger partial charge in [-0.2, -0.15) is 0 Å². The maximum atomic E-state index is 10.9. The second-order valence-corrected chi connectivity index (χ2v) is 6.29. The SMILES string of the molecule is C/C=C(\C)c1cccc(CNc2ccc(C3CC3C(=O)O)cn2)c1. The third-order valence-corrected chi connectivity index (χ3v) is 4.61. The number of nitrogens with zero attached hydrogens (tertiary/aromatic N) is 1. The summed E-state index contributed by atoms with van der Waals surface area (Å²) in [5, 5.41) is 12.3. The number of benzene rings is 1. The van der Waals surface area contributed by atoms with Crippen LogP contribution in [0.3, 0.4) is 0 Å². The van der Waals surface area contributed by atoms with Crippen LogP contribution in [0.25, 0.3) is 5.57 Å². The average Bonchev–Trinajstić information content (AvgIpc) is 3.41. The molecule has 2 atom stereocenters. The van der Waals surface area contributed by atoms with E-state index in [1.165, 1.54) is 16.7 Å². The third kappa shape index (κ3) is 3.65. The Bertz CT molecular complexity index is 765. The predicted octanol–water partition coefficient (Wildman–Crippen LogP) is 4.31. The Morgan fingerprint density at radius 3 is 2.83 bits per heavy atom. The minimum atomic E-state index is -0.710. The molecule has 2 unspecified atom stereocenters. The van der Waals surface area contributed by atoms with Gasteiger partial charge in [-0.1, -0.05) is 30.3 Å². The second-order valence-electron chi connectivity index (χ2n) is 6.29. The number of hydrogen-bond donors (Lipinski definition) is 2. The summed E-state index contributed by atoms with van der Waals surface area (Å²) in [6.45, 7) is 4.86. The van der Waals surface area contributed by atoms with Crippen LogP contribution in [0.4, 0.5) is 5.82 Å². The average molecular weight is 322 g/mol. The summed E-state index contributed by atoms with van der Waals surface area (Å²) >= 11 is 0. The number of carbonyl (C=O) groups is 1. The normalized spacial score (nSPS) is 19.8. The zero-order chi connectivity index (χ0) is 17.1. The summed E-state index contributed by atoms with van der Waals surface area (Å²) < 4.78 is 0. The Morgan fingerprint density at radius 1 is 1.38 bits per heavy atom. The Balaban J connectivity index is 1.60. The number of rotatable bonds is 6. The van der Waals surface area contributed by atoms with Crippen molar-refractivity contribution in [2.45, 2.75) is 32.7 Å². The van der Waals surface area contributed by atoms with E-state index in [-0.39, 0.29) is 11.8 Å². The van der Waals surface area contributed by atoms with Gasteiger partial charge in [0, 0.05) is 12.7 Å². The highest BCUT2D eigenvalue weighted by molar-refractivity contribution is 5.75. The van der Waals surface area contributed by atoms with Crippen LogP contribution in [0.5, 0.6) is 0 Å². The summed E-state index contributed by atoms with van der Waals surface area (Å²) in [5.74, 6) is -0.00862. The molecule has 1 aromatic heterocycles. The standard InChI is InChI=1S/C20H22N2O2/c1-3-13(2)15-6-4-5-14(9-15)11-21-19-8-7-16(12-22-19)17-10-18(17)20(23)24/h3-9,12,17-18H,10-11H2,1-2H3,(H,21,22)(H,23,24)/b13-3+. The topological polar surface area (TPSA) is 62.2 Å². The van der Waals surface area contributed by atoms with Gasteiger partial charge in [-0.05, 0) is 60.6 Å². The van der Waals surface area contributed by atoms with E-state index in [2.05, 4.69) is 47.6 Å². The highest BCUT2D eigenvalue weighted by atomic mass is 16.4. The van der Waals surface area contributed by atoms with E-state index in [1.54, 1.807) is 6.20 Å². The molecule has 1 aromatic carbocycles. The molecule has 0 amide bonds. The fraction of sp³-hybridized carbons (Fsp3) is 0.300. The molecular weight excluding hydrogens is 300 g/mol. The molecule has 1 heterocycles. The molecule has 124 valence electrons. The highest BCUT2D eigenvalue weighted by Crippen LogP contribution is 2.47. The van der Waals surface area contributed by atoms with Gasteiger partial charge < -0.3 is 10.4 Å². The summed E-state index contributed by atoms with van der Waals surface area (Å²) in [5.41, 5.74) is 4.71. The first kappa shape index (κ1) is 16.2. The first-order valence-electron chi connectivity index (χ1n) is 8.23. The van der Waals surface area contributed by atoms with Gasteiger partial charge in [-0.3, -0.25) is 4.79 Å². The summed E-state index contributed by atoms with van der Waals surface area (Å²) in [4.78, 5) is 15.3. The van der Waals surface area contributed by atoms with Gasteiger partial charge in [-0.15, -0.1) is 0 Å². The summed E-state index contributed by atoms with van der Waals surface area (Å²) in [6.07, 6.45) is 4.62. The van der Waals surface area contributed by atoms with Crippen molar-refractivity contribution in [1.82, 2.24) is 4.98 Å². The van der Waals surface area contributed by atoms with Crippen molar-refractivity contribution in [3.8, 4) is 0 Å². The third-order valence-electron chi connectivity index (χ3n) is 4.61. The molecular formula is C20H22N2O2. The maximum Gasteiger partial charge on any atom is 0.307 e. The van der Waals surface area contributed by atoms with Crippen LogP contribution in [-0.4, -0.2) is 16.1 Å². The number of aliphatic carboxylic acids is 1. The molecule has 2 aromatic rings. The molecule has 1 aliphatic carbocycles. The summed E-state index contributed by atoms with van der Waals surface area (Å²) in [6, 6.07) is 12.3. The number of nitrogens with one attached hydrogen (secondary N) is 1. The molecule has 24 heavy (non-hydrogen) atoms. The number of pyridine rings is 1. The van der Waals surface area contributed by atoms with Crippen molar-refractivity contribution in [3.63, 3.8) is 0 Å². The van der Waals surface area contributed by atoms with E-state index in [4.69, 9.17) is 5.11 Å². The van der Waals surface area contributed by atoms with Gasteiger partial charge in [0.25, 0.3) is 0 Å². The van der Waals surface area contributed by atoms with E-state index in [0.717, 1.165) is 17.8 Å². The van der Waals surface area contributed by atoms with E-state index >= 15 is 0 Å². The van der Waals surface area contributed by atoms with Crippen molar-refractivity contribution in [2.75, 3.05) is 5.32 Å². The number of aromatic nitrogens is 1. The lowest BCUT2D eigenvalue weighted by Crippen LogP contribution is -2.02. The van der Waals surface area contributed by atoms with E-state index < -0.39 is 5.97 Å². The lowest BCUT2D eigenvalue weighted by molar-refractivity contribution is -0.138. The van der Waals surface area contributed by atoms with Crippen LogP contribution < -0.4 is 5.32 Å². The first-order chi connectivity index (χ1) is 11.6. The Kier molecular flexibility index (Phi) is 4.65. The number of allylic oxidation sites excluding steroid dienone is 2.